The van der Waals surface area contributed by atoms with Crippen LogP contribution in [0.15, 0.2) is 0 Å². The highest BCUT2D eigenvalue weighted by molar-refractivity contribution is 4.44. The van der Waals surface area contributed by atoms with E-state index in [2.05, 4.69) is 0 Å². The summed E-state index contributed by atoms with van der Waals surface area (Å²) >= 11 is 0. The number of ether oxygens (including phenoxy) is 3. The summed E-state index contributed by atoms with van der Waals surface area (Å²) < 4.78 is 15.4. The second-order valence-corrected chi connectivity index (χ2v) is 3.21. The van der Waals surface area contributed by atoms with E-state index < -0.39 is 0 Å². The van der Waals surface area contributed by atoms with E-state index in [1.807, 2.05) is 0 Å². The highest BCUT2D eigenvalue weighted by Gasteiger charge is 1.95. The number of rotatable bonds is 10. The smallest absolute Gasteiger partial charge is 0.0700 e. The van der Waals surface area contributed by atoms with Crippen molar-refractivity contribution in [3.63, 3.8) is 0 Å². The van der Waals surface area contributed by atoms with Gasteiger partial charge in [-0.25, -0.2) is 0 Å². The molecular formula is C10H22O4. The molecule has 4 heteroatoms. The first kappa shape index (κ1) is 13.8. The summed E-state index contributed by atoms with van der Waals surface area (Å²) in [5, 5.41) is 8.93. The Bertz CT molecular complexity index is 106. The molecule has 0 radical (unpaired) electrons. The van der Waals surface area contributed by atoms with Gasteiger partial charge in [-0.3, -0.25) is 0 Å². The Kier molecular flexibility index (Phi) is 10.8. The maximum atomic E-state index is 8.93. The Labute approximate surface area is 86.2 Å². The molecule has 0 saturated carbocycles. The van der Waals surface area contributed by atoms with Gasteiger partial charge >= 0.3 is 0 Å². The van der Waals surface area contributed by atoms with E-state index in [9.17, 15) is 0 Å². The van der Waals surface area contributed by atoms with Crippen LogP contribution >= 0.6 is 0 Å². The standard InChI is InChI=1S/C10H22O4/c1-10(11)4-7-14-9-8-13-6-3-5-12-2/h10-11H,3-9H2,1-2H3. The predicted molar refractivity (Wildman–Crippen MR) is 54.4 cm³/mol. The van der Waals surface area contributed by atoms with Crippen molar-refractivity contribution < 1.29 is 19.3 Å². The Morgan fingerprint density at radius 2 is 1.64 bits per heavy atom. The second-order valence-electron chi connectivity index (χ2n) is 3.21. The largest absolute Gasteiger partial charge is 0.393 e. The number of methoxy groups -OCH3 is 1. The van der Waals surface area contributed by atoms with Crippen LogP contribution in [0.25, 0.3) is 0 Å². The summed E-state index contributed by atoms with van der Waals surface area (Å²) in [6, 6.07) is 0. The molecule has 0 fully saturated rings. The molecule has 0 aliphatic rings. The van der Waals surface area contributed by atoms with E-state index in [1.54, 1.807) is 14.0 Å². The maximum absolute atomic E-state index is 8.93. The van der Waals surface area contributed by atoms with Crippen LogP contribution in [0.1, 0.15) is 19.8 Å². The molecule has 86 valence electrons. The van der Waals surface area contributed by atoms with Gasteiger partial charge in [0, 0.05) is 26.9 Å². The van der Waals surface area contributed by atoms with E-state index in [1.165, 1.54) is 0 Å². The molecule has 0 bridgehead atoms. The van der Waals surface area contributed by atoms with Crippen molar-refractivity contribution in [2.75, 3.05) is 40.1 Å². The van der Waals surface area contributed by atoms with E-state index in [-0.39, 0.29) is 6.10 Å². The fraction of sp³-hybridized carbons (Fsp3) is 1.00. The molecule has 0 rings (SSSR count). The minimum Gasteiger partial charge on any atom is -0.393 e. The molecule has 14 heavy (non-hydrogen) atoms. The van der Waals surface area contributed by atoms with Crippen LogP contribution in [-0.2, 0) is 14.2 Å². The first-order valence-electron chi connectivity index (χ1n) is 5.10. The monoisotopic (exact) mass is 206 g/mol. The number of hydrogen-bond acceptors (Lipinski definition) is 4. The third-order valence-corrected chi connectivity index (χ3v) is 1.69. The van der Waals surface area contributed by atoms with E-state index in [0.717, 1.165) is 13.0 Å². The molecule has 0 spiro atoms. The summed E-state index contributed by atoms with van der Waals surface area (Å²) in [6.07, 6.45) is 1.33. The fourth-order valence-electron chi connectivity index (χ4n) is 0.881. The van der Waals surface area contributed by atoms with Gasteiger partial charge in [-0.05, 0) is 19.8 Å². The van der Waals surface area contributed by atoms with Crippen molar-refractivity contribution in [3.8, 4) is 0 Å². The zero-order valence-corrected chi connectivity index (χ0v) is 9.20. The second kappa shape index (κ2) is 10.9. The lowest BCUT2D eigenvalue weighted by Crippen LogP contribution is -2.10. The molecule has 0 aliphatic heterocycles. The molecule has 0 amide bonds. The molecule has 0 aromatic rings. The van der Waals surface area contributed by atoms with Gasteiger partial charge in [0.05, 0.1) is 19.3 Å². The van der Waals surface area contributed by atoms with Gasteiger partial charge < -0.3 is 19.3 Å². The molecule has 0 saturated heterocycles. The topological polar surface area (TPSA) is 47.9 Å². The normalized spacial score (nSPS) is 13.1. The van der Waals surface area contributed by atoms with Crippen molar-refractivity contribution in [2.45, 2.75) is 25.9 Å². The molecule has 4 nitrogen and oxygen atoms in total. The molecule has 1 atom stereocenters. The number of hydrogen-bond donors (Lipinski definition) is 1. The lowest BCUT2D eigenvalue weighted by molar-refractivity contribution is 0.0291. The average molecular weight is 206 g/mol. The number of aliphatic hydroxyl groups excluding tert-OH is 1. The van der Waals surface area contributed by atoms with Crippen LogP contribution in [-0.4, -0.2) is 51.4 Å². The van der Waals surface area contributed by atoms with Gasteiger partial charge in [-0.1, -0.05) is 0 Å². The van der Waals surface area contributed by atoms with Crippen LogP contribution in [0.2, 0.25) is 0 Å². The van der Waals surface area contributed by atoms with Gasteiger partial charge in [0.15, 0.2) is 0 Å². The quantitative estimate of drug-likeness (QED) is 0.538. The summed E-state index contributed by atoms with van der Waals surface area (Å²) in [5.41, 5.74) is 0. The molecule has 1 N–H and O–H groups in total. The molecule has 0 aliphatic carbocycles. The summed E-state index contributed by atoms with van der Waals surface area (Å²) in [5.74, 6) is 0. The zero-order valence-electron chi connectivity index (χ0n) is 9.20. The Balaban J connectivity index is 2.85. The SMILES string of the molecule is COCCCOCCOCCC(C)O. The van der Waals surface area contributed by atoms with Gasteiger partial charge in [-0.2, -0.15) is 0 Å². The third-order valence-electron chi connectivity index (χ3n) is 1.69. The van der Waals surface area contributed by atoms with E-state index in [4.69, 9.17) is 19.3 Å². The average Bonchev–Trinajstić information content (AvgIpc) is 2.15. The first-order chi connectivity index (χ1) is 6.77. The van der Waals surface area contributed by atoms with Crippen molar-refractivity contribution >= 4 is 0 Å². The van der Waals surface area contributed by atoms with Gasteiger partial charge in [-0.15, -0.1) is 0 Å². The highest BCUT2D eigenvalue weighted by atomic mass is 16.5. The maximum Gasteiger partial charge on any atom is 0.0700 e. The molecule has 0 heterocycles. The molecule has 1 unspecified atom stereocenters. The fourth-order valence-corrected chi connectivity index (χ4v) is 0.881. The predicted octanol–water partition coefficient (Wildman–Crippen LogP) is 0.827. The zero-order chi connectivity index (χ0) is 10.6. The van der Waals surface area contributed by atoms with Crippen LogP contribution in [0.5, 0.6) is 0 Å². The molecule has 0 aromatic carbocycles. The minimum absolute atomic E-state index is 0.280. The molecule has 0 aromatic heterocycles. The van der Waals surface area contributed by atoms with Crippen LogP contribution in [0.3, 0.4) is 0 Å². The summed E-state index contributed by atoms with van der Waals surface area (Å²) in [6.45, 7) is 5.02. The first-order valence-corrected chi connectivity index (χ1v) is 5.10. The van der Waals surface area contributed by atoms with Gasteiger partial charge in [0.2, 0.25) is 0 Å². The Morgan fingerprint density at radius 1 is 1.00 bits per heavy atom. The van der Waals surface area contributed by atoms with Crippen molar-refractivity contribution in [3.05, 3.63) is 0 Å². The third kappa shape index (κ3) is 11.8. The molecular weight excluding hydrogens is 184 g/mol. The van der Waals surface area contributed by atoms with Crippen molar-refractivity contribution in [1.82, 2.24) is 0 Å². The lowest BCUT2D eigenvalue weighted by atomic mass is 10.3. The highest BCUT2D eigenvalue weighted by Crippen LogP contribution is 1.90. The summed E-state index contributed by atoms with van der Waals surface area (Å²) in [7, 11) is 1.68. The van der Waals surface area contributed by atoms with Crippen molar-refractivity contribution in [2.24, 2.45) is 0 Å². The Hall–Kier alpha value is -0.160. The van der Waals surface area contributed by atoms with Crippen molar-refractivity contribution in [1.29, 1.82) is 0 Å². The van der Waals surface area contributed by atoms with Crippen LogP contribution in [0.4, 0.5) is 0 Å². The van der Waals surface area contributed by atoms with Crippen LogP contribution < -0.4 is 0 Å². The lowest BCUT2D eigenvalue weighted by Gasteiger charge is -2.06. The minimum atomic E-state index is -0.280. The van der Waals surface area contributed by atoms with Gasteiger partial charge in [0.25, 0.3) is 0 Å². The van der Waals surface area contributed by atoms with Crippen LogP contribution in [0, 0.1) is 0 Å². The number of aliphatic hydroxyl groups is 1. The Morgan fingerprint density at radius 3 is 2.21 bits per heavy atom. The van der Waals surface area contributed by atoms with E-state index in [0.29, 0.717) is 32.8 Å². The summed E-state index contributed by atoms with van der Waals surface area (Å²) in [4.78, 5) is 0. The van der Waals surface area contributed by atoms with E-state index >= 15 is 0 Å². The van der Waals surface area contributed by atoms with Gasteiger partial charge in [0.1, 0.15) is 0 Å².